The van der Waals surface area contributed by atoms with Gasteiger partial charge in [0.15, 0.2) is 5.76 Å². The molecule has 0 amide bonds. The third-order valence-electron chi connectivity index (χ3n) is 2.88. The number of rotatable bonds is 4. The highest BCUT2D eigenvalue weighted by molar-refractivity contribution is 6.30. The molecule has 21 heavy (non-hydrogen) atoms. The minimum atomic E-state index is -0.545. The lowest BCUT2D eigenvalue weighted by molar-refractivity contribution is -0.396. The van der Waals surface area contributed by atoms with Crippen molar-refractivity contribution in [3.8, 4) is 11.3 Å². The van der Waals surface area contributed by atoms with Gasteiger partial charge in [-0.2, -0.15) is 0 Å². The topological polar surface area (TPSA) is 87.0 Å². The van der Waals surface area contributed by atoms with Crippen LogP contribution in [0.2, 0.25) is 5.02 Å². The highest BCUT2D eigenvalue weighted by Crippen LogP contribution is 2.22. The van der Waals surface area contributed by atoms with Crippen LogP contribution in [0.5, 0.6) is 0 Å². The Labute approximate surface area is 123 Å². The molecule has 0 aliphatic heterocycles. The van der Waals surface area contributed by atoms with Crippen LogP contribution in [0, 0.1) is 10.1 Å². The van der Waals surface area contributed by atoms with Crippen LogP contribution in [0.4, 0.5) is 5.95 Å². The number of hydrogen-bond acceptors (Lipinski definition) is 5. The smallest absolute Gasteiger partial charge is 0.390 e. The van der Waals surface area contributed by atoms with Crippen molar-refractivity contribution >= 4 is 17.5 Å². The summed E-state index contributed by atoms with van der Waals surface area (Å²) < 4.78 is 6.58. The summed E-state index contributed by atoms with van der Waals surface area (Å²) in [5, 5.41) is 15.4. The van der Waals surface area contributed by atoms with Gasteiger partial charge in [-0.1, -0.05) is 33.9 Å². The van der Waals surface area contributed by atoms with Gasteiger partial charge in [-0.15, -0.1) is 0 Å². The van der Waals surface area contributed by atoms with E-state index in [2.05, 4.69) is 10.1 Å². The summed E-state index contributed by atoms with van der Waals surface area (Å²) in [6, 6.07) is 8.89. The summed E-state index contributed by atoms with van der Waals surface area (Å²) in [5.41, 5.74) is 1.50. The fourth-order valence-electron chi connectivity index (χ4n) is 1.91. The molecule has 0 N–H and O–H groups in total. The molecular formula is C13H9ClN4O3. The minimum Gasteiger partial charge on any atom is -0.390 e. The first kappa shape index (κ1) is 13.3. The predicted molar refractivity (Wildman–Crippen MR) is 74.9 cm³/mol. The Morgan fingerprint density at radius 2 is 2.10 bits per heavy atom. The molecule has 0 aliphatic carbocycles. The quantitative estimate of drug-likeness (QED) is 0.546. The molecule has 0 saturated carbocycles. The maximum absolute atomic E-state index is 10.8. The number of hydrogen-bond donors (Lipinski definition) is 0. The van der Waals surface area contributed by atoms with Crippen LogP contribution in [-0.2, 0) is 6.54 Å². The molecule has 0 atom stereocenters. The second kappa shape index (κ2) is 5.37. The van der Waals surface area contributed by atoms with Crippen molar-refractivity contribution in [2.45, 2.75) is 6.54 Å². The van der Waals surface area contributed by atoms with Gasteiger partial charge in [-0.25, -0.2) is 4.57 Å². The van der Waals surface area contributed by atoms with E-state index in [-0.39, 0.29) is 12.5 Å². The lowest BCUT2D eigenvalue weighted by Crippen LogP contribution is -2.03. The van der Waals surface area contributed by atoms with E-state index in [1.165, 1.54) is 17.0 Å². The van der Waals surface area contributed by atoms with E-state index in [9.17, 15) is 10.1 Å². The number of aromatic nitrogens is 3. The van der Waals surface area contributed by atoms with Gasteiger partial charge < -0.3 is 14.6 Å². The van der Waals surface area contributed by atoms with Crippen molar-refractivity contribution in [1.82, 2.24) is 14.7 Å². The molecular weight excluding hydrogens is 296 g/mol. The summed E-state index contributed by atoms with van der Waals surface area (Å²) in [6.07, 6.45) is 2.89. The van der Waals surface area contributed by atoms with Crippen molar-refractivity contribution in [2.24, 2.45) is 0 Å². The van der Waals surface area contributed by atoms with E-state index in [1.54, 1.807) is 18.2 Å². The predicted octanol–water partition coefficient (Wildman–Crippen LogP) is 3.15. The summed E-state index contributed by atoms with van der Waals surface area (Å²) >= 11 is 5.83. The average Bonchev–Trinajstić information content (AvgIpc) is 3.09. The molecule has 2 heterocycles. The van der Waals surface area contributed by atoms with Crippen molar-refractivity contribution in [3.63, 3.8) is 0 Å². The average molecular weight is 305 g/mol. The van der Waals surface area contributed by atoms with Crippen molar-refractivity contribution in [2.75, 3.05) is 0 Å². The second-order valence-electron chi connectivity index (χ2n) is 4.30. The number of halogens is 1. The maximum Gasteiger partial charge on any atom is 0.434 e. The van der Waals surface area contributed by atoms with Gasteiger partial charge >= 0.3 is 5.95 Å². The third-order valence-corrected chi connectivity index (χ3v) is 3.13. The molecule has 0 spiro atoms. The lowest BCUT2D eigenvalue weighted by atomic mass is 10.1. The number of benzene rings is 1. The van der Waals surface area contributed by atoms with Crippen LogP contribution < -0.4 is 0 Å². The summed E-state index contributed by atoms with van der Waals surface area (Å²) in [4.78, 5) is 13.9. The van der Waals surface area contributed by atoms with Crippen LogP contribution in [0.1, 0.15) is 5.76 Å². The van der Waals surface area contributed by atoms with Crippen molar-refractivity contribution < 1.29 is 9.45 Å². The Morgan fingerprint density at radius 1 is 1.33 bits per heavy atom. The largest absolute Gasteiger partial charge is 0.434 e. The van der Waals surface area contributed by atoms with Crippen LogP contribution in [0.3, 0.4) is 0 Å². The van der Waals surface area contributed by atoms with Crippen molar-refractivity contribution in [3.05, 3.63) is 63.6 Å². The van der Waals surface area contributed by atoms with Gasteiger partial charge in [0.2, 0.25) is 0 Å². The molecule has 8 heteroatoms. The first-order chi connectivity index (χ1) is 10.1. The Balaban J connectivity index is 1.83. The molecule has 106 valence electrons. The molecule has 0 aliphatic rings. The molecule has 3 aromatic rings. The lowest BCUT2D eigenvalue weighted by Gasteiger charge is -1.97. The zero-order valence-corrected chi connectivity index (χ0v) is 11.4. The highest BCUT2D eigenvalue weighted by atomic mass is 35.5. The highest BCUT2D eigenvalue weighted by Gasteiger charge is 2.16. The van der Waals surface area contributed by atoms with Crippen molar-refractivity contribution in [1.29, 1.82) is 0 Å². The van der Waals surface area contributed by atoms with Gasteiger partial charge in [0.25, 0.3) is 0 Å². The molecule has 1 aromatic carbocycles. The van der Waals surface area contributed by atoms with E-state index in [4.69, 9.17) is 16.1 Å². The van der Waals surface area contributed by atoms with Crippen LogP contribution in [0.15, 0.2) is 47.2 Å². The van der Waals surface area contributed by atoms with Crippen LogP contribution >= 0.6 is 11.6 Å². The normalized spacial score (nSPS) is 10.7. The van der Waals surface area contributed by atoms with Gasteiger partial charge in [-0.3, -0.25) is 0 Å². The molecule has 0 radical (unpaired) electrons. The first-order valence-electron chi connectivity index (χ1n) is 6.00. The van der Waals surface area contributed by atoms with E-state index in [0.29, 0.717) is 16.5 Å². The maximum atomic E-state index is 10.8. The summed E-state index contributed by atoms with van der Waals surface area (Å²) in [6.45, 7) is 0.191. The molecule has 0 unspecified atom stereocenters. The fraction of sp³-hybridized carbons (Fsp3) is 0.0769. The standard InChI is InChI=1S/C13H9ClN4O3/c14-10-3-1-9(2-4-10)12-7-11(21-16-12)8-17-6-5-15-13(17)18(19)20/h1-7H,8H2. The van der Waals surface area contributed by atoms with E-state index < -0.39 is 4.92 Å². The minimum absolute atomic E-state index is 0.191. The second-order valence-corrected chi connectivity index (χ2v) is 4.73. The van der Waals surface area contributed by atoms with Gasteiger partial charge in [0, 0.05) is 16.7 Å². The third kappa shape index (κ3) is 2.77. The van der Waals surface area contributed by atoms with Crippen LogP contribution in [-0.4, -0.2) is 19.6 Å². The molecule has 0 saturated heterocycles. The monoisotopic (exact) mass is 304 g/mol. The van der Waals surface area contributed by atoms with Crippen LogP contribution in [0.25, 0.3) is 11.3 Å². The van der Waals surface area contributed by atoms with E-state index >= 15 is 0 Å². The zero-order valence-electron chi connectivity index (χ0n) is 10.6. The number of nitro groups is 1. The number of imidazole rings is 1. The van der Waals surface area contributed by atoms with Gasteiger partial charge in [0.1, 0.15) is 24.6 Å². The SMILES string of the molecule is O=[N+]([O-])c1nccn1Cc1cc(-c2ccc(Cl)cc2)no1. The Morgan fingerprint density at radius 3 is 2.81 bits per heavy atom. The molecule has 7 nitrogen and oxygen atoms in total. The fourth-order valence-corrected chi connectivity index (χ4v) is 2.03. The zero-order chi connectivity index (χ0) is 14.8. The summed E-state index contributed by atoms with van der Waals surface area (Å²) in [5.74, 6) is 0.264. The Bertz CT molecular complexity index is 779. The first-order valence-corrected chi connectivity index (χ1v) is 6.38. The molecule has 0 bridgehead atoms. The summed E-state index contributed by atoms with van der Waals surface area (Å²) in [7, 11) is 0. The van der Waals surface area contributed by atoms with E-state index in [0.717, 1.165) is 5.56 Å². The number of nitrogens with zero attached hydrogens (tertiary/aromatic N) is 4. The Kier molecular flexibility index (Phi) is 3.41. The molecule has 3 rings (SSSR count). The van der Waals surface area contributed by atoms with Gasteiger partial charge in [0.05, 0.1) is 0 Å². The molecule has 0 fully saturated rings. The molecule has 2 aromatic heterocycles. The van der Waals surface area contributed by atoms with E-state index in [1.807, 2.05) is 12.1 Å². The van der Waals surface area contributed by atoms with Gasteiger partial charge in [-0.05, 0) is 17.1 Å². The Hall–Kier alpha value is -2.67.